The predicted octanol–water partition coefficient (Wildman–Crippen LogP) is 1.70. The van der Waals surface area contributed by atoms with Crippen molar-refractivity contribution in [3.8, 4) is 5.75 Å². The molecular formula is C10H8O2. The largest absolute Gasteiger partial charge is 0.423 e. The van der Waals surface area contributed by atoms with Crippen molar-refractivity contribution in [3.63, 3.8) is 0 Å². The molecule has 0 bridgehead atoms. The molecule has 0 radical (unpaired) electrons. The molecule has 2 heteroatoms. The molecule has 0 aromatic heterocycles. The number of hydrogen-bond donors (Lipinski definition) is 0. The van der Waals surface area contributed by atoms with Gasteiger partial charge in [-0.3, -0.25) is 0 Å². The van der Waals surface area contributed by atoms with E-state index < -0.39 is 0 Å². The van der Waals surface area contributed by atoms with Gasteiger partial charge in [0.25, 0.3) is 0 Å². The van der Waals surface area contributed by atoms with Crippen molar-refractivity contribution in [3.05, 3.63) is 42.0 Å². The van der Waals surface area contributed by atoms with Crippen LogP contribution in [0.5, 0.6) is 5.75 Å². The Labute approximate surface area is 70.5 Å². The molecule has 60 valence electrons. The van der Waals surface area contributed by atoms with E-state index in [0.29, 0.717) is 5.75 Å². The summed E-state index contributed by atoms with van der Waals surface area (Å²) < 4.78 is 5.03. The van der Waals surface area contributed by atoms with Crippen LogP contribution < -0.4 is 4.74 Å². The van der Waals surface area contributed by atoms with Gasteiger partial charge >= 0.3 is 5.97 Å². The van der Waals surface area contributed by atoms with Crippen molar-refractivity contribution in [2.45, 2.75) is 6.42 Å². The first-order valence-electron chi connectivity index (χ1n) is 3.82. The van der Waals surface area contributed by atoms with Gasteiger partial charge in [0.1, 0.15) is 5.75 Å². The lowest BCUT2D eigenvalue weighted by Crippen LogP contribution is -2.02. The highest BCUT2D eigenvalue weighted by atomic mass is 16.5. The zero-order valence-corrected chi connectivity index (χ0v) is 6.49. The zero-order valence-electron chi connectivity index (χ0n) is 6.49. The molecule has 0 atom stereocenters. The number of ether oxygens (including phenoxy) is 1. The van der Waals surface area contributed by atoms with Crippen LogP contribution in [0.3, 0.4) is 0 Å². The first-order chi connectivity index (χ1) is 5.86. The molecule has 2 nitrogen and oxygen atoms in total. The van der Waals surface area contributed by atoms with Crippen LogP contribution in [0, 0.1) is 0 Å². The van der Waals surface area contributed by atoms with Crippen LogP contribution in [0.25, 0.3) is 0 Å². The van der Waals surface area contributed by atoms with Crippen LogP contribution in [0.4, 0.5) is 0 Å². The molecule has 0 amide bonds. The van der Waals surface area contributed by atoms with E-state index in [9.17, 15) is 4.79 Å². The number of para-hydroxylation sites is 1. The lowest BCUT2D eigenvalue weighted by Gasteiger charge is -2.02. The Morgan fingerprint density at radius 1 is 1.25 bits per heavy atom. The van der Waals surface area contributed by atoms with Gasteiger partial charge in [-0.05, 0) is 18.1 Å². The number of rotatable bonds is 0. The zero-order chi connectivity index (χ0) is 8.39. The smallest absolute Gasteiger partial charge is 0.335 e. The molecule has 1 aliphatic heterocycles. The Morgan fingerprint density at radius 2 is 2.08 bits per heavy atom. The lowest BCUT2D eigenvalue weighted by atomic mass is 10.1. The summed E-state index contributed by atoms with van der Waals surface area (Å²) in [5.41, 5.74) is 1.06. The summed E-state index contributed by atoms with van der Waals surface area (Å²) in [5.74, 6) is 0.382. The second-order valence-electron chi connectivity index (χ2n) is 2.64. The Morgan fingerprint density at radius 3 is 3.00 bits per heavy atom. The summed E-state index contributed by atoms with van der Waals surface area (Å²) in [4.78, 5) is 10.9. The third-order valence-corrected chi connectivity index (χ3v) is 1.77. The third-order valence-electron chi connectivity index (χ3n) is 1.77. The number of carbonyl (C=O) groups is 1. The van der Waals surface area contributed by atoms with E-state index in [1.807, 2.05) is 24.3 Å². The monoisotopic (exact) mass is 160 g/mol. The maximum atomic E-state index is 10.9. The van der Waals surface area contributed by atoms with E-state index in [4.69, 9.17) is 4.74 Å². The number of fused-ring (bicyclic) bond motifs is 1. The summed E-state index contributed by atoms with van der Waals surface area (Å²) in [7, 11) is 0. The van der Waals surface area contributed by atoms with Gasteiger partial charge in [0.05, 0.1) is 0 Å². The number of hydrogen-bond acceptors (Lipinski definition) is 2. The van der Waals surface area contributed by atoms with Crippen LogP contribution in [-0.2, 0) is 11.2 Å². The minimum atomic E-state index is -0.292. The predicted molar refractivity (Wildman–Crippen MR) is 44.9 cm³/mol. The SMILES string of the molecule is O=C1C=CCc2ccccc2O1. The summed E-state index contributed by atoms with van der Waals surface area (Å²) in [6.07, 6.45) is 4.04. The third kappa shape index (κ3) is 1.23. The van der Waals surface area contributed by atoms with E-state index in [2.05, 4.69) is 0 Å². The maximum Gasteiger partial charge on any atom is 0.335 e. The summed E-state index contributed by atoms with van der Waals surface area (Å²) >= 11 is 0. The average Bonchev–Trinajstić information content (AvgIpc) is 2.25. The van der Waals surface area contributed by atoms with Gasteiger partial charge in [0.2, 0.25) is 0 Å². The normalized spacial score (nSPS) is 14.8. The number of carbonyl (C=O) groups excluding carboxylic acids is 1. The van der Waals surface area contributed by atoms with E-state index in [1.54, 1.807) is 6.07 Å². The fourth-order valence-corrected chi connectivity index (χ4v) is 1.20. The van der Waals surface area contributed by atoms with E-state index in [-0.39, 0.29) is 5.97 Å². The number of allylic oxidation sites excluding steroid dienone is 1. The highest BCUT2D eigenvalue weighted by Gasteiger charge is 2.08. The first-order valence-corrected chi connectivity index (χ1v) is 3.82. The van der Waals surface area contributed by atoms with Gasteiger partial charge < -0.3 is 4.74 Å². The van der Waals surface area contributed by atoms with Crippen LogP contribution in [-0.4, -0.2) is 5.97 Å². The number of esters is 1. The van der Waals surface area contributed by atoms with Crippen LogP contribution >= 0.6 is 0 Å². The van der Waals surface area contributed by atoms with Gasteiger partial charge in [-0.2, -0.15) is 0 Å². The molecule has 0 fully saturated rings. The molecule has 0 aliphatic carbocycles. The molecular weight excluding hydrogens is 152 g/mol. The molecule has 0 saturated heterocycles. The second kappa shape index (κ2) is 2.81. The van der Waals surface area contributed by atoms with Crippen molar-refractivity contribution < 1.29 is 9.53 Å². The molecule has 0 saturated carbocycles. The second-order valence-corrected chi connectivity index (χ2v) is 2.64. The molecule has 0 spiro atoms. The Hall–Kier alpha value is -1.57. The van der Waals surface area contributed by atoms with Crippen molar-refractivity contribution >= 4 is 5.97 Å². The minimum Gasteiger partial charge on any atom is -0.423 e. The van der Waals surface area contributed by atoms with Gasteiger partial charge in [0, 0.05) is 6.08 Å². The van der Waals surface area contributed by atoms with Crippen molar-refractivity contribution in [2.24, 2.45) is 0 Å². The summed E-state index contributed by atoms with van der Waals surface area (Å²) in [6.45, 7) is 0. The molecule has 0 unspecified atom stereocenters. The molecule has 0 N–H and O–H groups in total. The lowest BCUT2D eigenvalue weighted by molar-refractivity contribution is -0.128. The minimum absolute atomic E-state index is 0.292. The van der Waals surface area contributed by atoms with Crippen molar-refractivity contribution in [2.75, 3.05) is 0 Å². The fourth-order valence-electron chi connectivity index (χ4n) is 1.20. The van der Waals surface area contributed by atoms with E-state index in [0.717, 1.165) is 12.0 Å². The summed E-state index contributed by atoms with van der Waals surface area (Å²) in [5, 5.41) is 0. The molecule has 1 aliphatic rings. The van der Waals surface area contributed by atoms with E-state index in [1.165, 1.54) is 6.08 Å². The standard InChI is InChI=1S/C10H8O2/c11-10-7-3-5-8-4-1-2-6-9(8)12-10/h1-4,6-7H,5H2. The van der Waals surface area contributed by atoms with Gasteiger partial charge in [-0.1, -0.05) is 24.3 Å². The van der Waals surface area contributed by atoms with Crippen LogP contribution in [0.2, 0.25) is 0 Å². The highest BCUT2D eigenvalue weighted by Crippen LogP contribution is 2.20. The van der Waals surface area contributed by atoms with E-state index >= 15 is 0 Å². The van der Waals surface area contributed by atoms with Crippen molar-refractivity contribution in [1.29, 1.82) is 0 Å². The summed E-state index contributed by atoms with van der Waals surface area (Å²) in [6, 6.07) is 7.56. The highest BCUT2D eigenvalue weighted by molar-refractivity contribution is 5.85. The Balaban J connectivity index is 2.44. The van der Waals surface area contributed by atoms with Crippen LogP contribution in [0.15, 0.2) is 36.4 Å². The van der Waals surface area contributed by atoms with Gasteiger partial charge in [-0.15, -0.1) is 0 Å². The van der Waals surface area contributed by atoms with Gasteiger partial charge in [0.15, 0.2) is 0 Å². The molecule has 1 aromatic rings. The van der Waals surface area contributed by atoms with Crippen LogP contribution in [0.1, 0.15) is 5.56 Å². The molecule has 12 heavy (non-hydrogen) atoms. The first kappa shape index (κ1) is 7.10. The molecule has 1 heterocycles. The average molecular weight is 160 g/mol. The van der Waals surface area contributed by atoms with Gasteiger partial charge in [-0.25, -0.2) is 4.79 Å². The quantitative estimate of drug-likeness (QED) is 0.426. The maximum absolute atomic E-state index is 10.9. The number of benzene rings is 1. The fraction of sp³-hybridized carbons (Fsp3) is 0.100. The van der Waals surface area contributed by atoms with Crippen molar-refractivity contribution in [1.82, 2.24) is 0 Å². The Bertz CT molecular complexity index is 339. The topological polar surface area (TPSA) is 26.3 Å². The molecule has 1 aromatic carbocycles. The molecule has 2 rings (SSSR count). The Kier molecular flexibility index (Phi) is 1.67.